The van der Waals surface area contributed by atoms with Crippen LogP contribution in [0.25, 0.3) is 0 Å². The van der Waals surface area contributed by atoms with Crippen molar-refractivity contribution in [1.82, 2.24) is 0 Å². The maximum atomic E-state index is 12.1. The van der Waals surface area contributed by atoms with Crippen molar-refractivity contribution in [3.63, 3.8) is 0 Å². The minimum absolute atomic E-state index is 0.0200. The van der Waals surface area contributed by atoms with E-state index in [1.807, 2.05) is 43.3 Å². The van der Waals surface area contributed by atoms with Gasteiger partial charge in [-0.25, -0.2) is 0 Å². The first-order chi connectivity index (χ1) is 12.1. The number of anilines is 1. The number of ether oxygens (including phenoxy) is 1. The zero-order valence-corrected chi connectivity index (χ0v) is 15.2. The Balaban J connectivity index is 1.49. The number of benzene rings is 1. The van der Waals surface area contributed by atoms with E-state index in [9.17, 15) is 9.59 Å². The van der Waals surface area contributed by atoms with Gasteiger partial charge in [0.05, 0.1) is 11.0 Å². The summed E-state index contributed by atoms with van der Waals surface area (Å²) in [6.07, 6.45) is 5.34. The molecule has 0 atom stereocenters. The molecule has 2 aromatic rings. The van der Waals surface area contributed by atoms with Gasteiger partial charge in [0.25, 0.3) is 0 Å². The maximum Gasteiger partial charge on any atom is 0.224 e. The molecule has 132 valence electrons. The Morgan fingerprint density at radius 1 is 1.16 bits per heavy atom. The van der Waals surface area contributed by atoms with Gasteiger partial charge in [-0.2, -0.15) is 0 Å². The number of nitrogens with one attached hydrogen (secondary N) is 1. The summed E-state index contributed by atoms with van der Waals surface area (Å²) in [5.74, 6) is 0.654. The SMILES string of the molecule is Cc1ccc(C(=O)CCC(=O)Nc2cccc(OC3CCCC3)c2)s1. The highest BCUT2D eigenvalue weighted by Crippen LogP contribution is 2.26. The van der Waals surface area contributed by atoms with Gasteiger partial charge < -0.3 is 10.1 Å². The van der Waals surface area contributed by atoms with Crippen molar-refractivity contribution in [3.8, 4) is 5.75 Å². The van der Waals surface area contributed by atoms with E-state index in [2.05, 4.69) is 5.32 Å². The summed E-state index contributed by atoms with van der Waals surface area (Å²) in [5.41, 5.74) is 0.708. The lowest BCUT2D eigenvalue weighted by Gasteiger charge is -2.14. The van der Waals surface area contributed by atoms with Crippen molar-refractivity contribution in [2.24, 2.45) is 0 Å². The maximum absolute atomic E-state index is 12.1. The molecule has 1 saturated carbocycles. The van der Waals surface area contributed by atoms with E-state index < -0.39 is 0 Å². The molecule has 4 nitrogen and oxygen atoms in total. The summed E-state index contributed by atoms with van der Waals surface area (Å²) in [6.45, 7) is 1.97. The third-order valence-corrected chi connectivity index (χ3v) is 5.36. The Kier molecular flexibility index (Phi) is 5.87. The van der Waals surface area contributed by atoms with Crippen molar-refractivity contribution < 1.29 is 14.3 Å². The lowest BCUT2D eigenvalue weighted by Crippen LogP contribution is -2.14. The molecule has 0 saturated heterocycles. The Hall–Kier alpha value is -2.14. The first kappa shape index (κ1) is 17.7. The third-order valence-electron chi connectivity index (χ3n) is 4.32. The second-order valence-corrected chi connectivity index (χ2v) is 7.72. The summed E-state index contributed by atoms with van der Waals surface area (Å²) >= 11 is 1.47. The van der Waals surface area contributed by atoms with Crippen LogP contribution in [-0.2, 0) is 4.79 Å². The first-order valence-electron chi connectivity index (χ1n) is 8.76. The lowest BCUT2D eigenvalue weighted by atomic mass is 10.2. The van der Waals surface area contributed by atoms with Crippen LogP contribution in [0.5, 0.6) is 5.75 Å². The van der Waals surface area contributed by atoms with E-state index in [0.717, 1.165) is 28.3 Å². The van der Waals surface area contributed by atoms with E-state index in [-0.39, 0.29) is 30.6 Å². The van der Waals surface area contributed by atoms with Crippen LogP contribution in [0.15, 0.2) is 36.4 Å². The molecule has 1 aliphatic carbocycles. The standard InChI is InChI=1S/C20H23NO3S/c1-14-9-11-19(25-14)18(22)10-12-20(23)21-15-5-4-8-17(13-15)24-16-6-2-3-7-16/h4-5,8-9,11,13,16H,2-3,6-7,10,12H2,1H3,(H,21,23). The second kappa shape index (κ2) is 8.30. The average Bonchev–Trinajstić information content (AvgIpc) is 3.25. The molecular weight excluding hydrogens is 334 g/mol. The average molecular weight is 357 g/mol. The van der Waals surface area contributed by atoms with Gasteiger partial charge in [0.1, 0.15) is 5.75 Å². The van der Waals surface area contributed by atoms with E-state index in [0.29, 0.717) is 5.69 Å². The number of hydrogen-bond donors (Lipinski definition) is 1. The lowest BCUT2D eigenvalue weighted by molar-refractivity contribution is -0.116. The fraction of sp³-hybridized carbons (Fsp3) is 0.400. The number of thiophene rings is 1. The van der Waals surface area contributed by atoms with Crippen LogP contribution in [0.3, 0.4) is 0 Å². The van der Waals surface area contributed by atoms with Gasteiger partial charge in [0.15, 0.2) is 5.78 Å². The predicted molar refractivity (Wildman–Crippen MR) is 101 cm³/mol. The quantitative estimate of drug-likeness (QED) is 0.711. The Labute approximate surface area is 152 Å². The smallest absolute Gasteiger partial charge is 0.224 e. The Morgan fingerprint density at radius 3 is 2.68 bits per heavy atom. The van der Waals surface area contributed by atoms with E-state index in [1.54, 1.807) is 0 Å². The normalized spacial score (nSPS) is 14.4. The topological polar surface area (TPSA) is 55.4 Å². The number of aryl methyl sites for hydroxylation is 1. The predicted octanol–water partition coefficient (Wildman–Crippen LogP) is 4.98. The van der Waals surface area contributed by atoms with Crippen molar-refractivity contribution in [2.75, 3.05) is 5.32 Å². The van der Waals surface area contributed by atoms with Crippen LogP contribution in [0.1, 0.15) is 53.1 Å². The molecule has 3 rings (SSSR count). The van der Waals surface area contributed by atoms with Gasteiger partial charge in [-0.3, -0.25) is 9.59 Å². The van der Waals surface area contributed by atoms with Crippen LogP contribution in [0, 0.1) is 6.92 Å². The molecule has 1 heterocycles. The van der Waals surface area contributed by atoms with Crippen LogP contribution in [0.2, 0.25) is 0 Å². The Bertz CT molecular complexity index is 747. The molecule has 1 aromatic heterocycles. The van der Waals surface area contributed by atoms with E-state index >= 15 is 0 Å². The minimum Gasteiger partial charge on any atom is -0.490 e. The number of Topliss-reactive ketones (excluding diaryl/α,β-unsaturated/α-hetero) is 1. The molecule has 1 fully saturated rings. The highest BCUT2D eigenvalue weighted by molar-refractivity contribution is 7.14. The molecule has 0 spiro atoms. The summed E-state index contributed by atoms with van der Waals surface area (Å²) in [6, 6.07) is 11.2. The molecule has 5 heteroatoms. The van der Waals surface area contributed by atoms with Gasteiger partial charge in [0.2, 0.25) is 5.91 Å². The first-order valence-corrected chi connectivity index (χ1v) is 9.58. The van der Waals surface area contributed by atoms with Crippen LogP contribution in [0.4, 0.5) is 5.69 Å². The van der Waals surface area contributed by atoms with Gasteiger partial charge in [-0.1, -0.05) is 6.07 Å². The molecule has 1 aromatic carbocycles. The van der Waals surface area contributed by atoms with Crippen molar-refractivity contribution >= 4 is 28.7 Å². The monoisotopic (exact) mass is 357 g/mol. The van der Waals surface area contributed by atoms with Gasteiger partial charge in [0, 0.05) is 29.5 Å². The zero-order valence-electron chi connectivity index (χ0n) is 14.4. The Morgan fingerprint density at radius 2 is 1.96 bits per heavy atom. The van der Waals surface area contributed by atoms with Crippen molar-refractivity contribution in [3.05, 3.63) is 46.2 Å². The second-order valence-electron chi connectivity index (χ2n) is 6.43. The van der Waals surface area contributed by atoms with Crippen LogP contribution >= 0.6 is 11.3 Å². The largest absolute Gasteiger partial charge is 0.490 e. The number of carbonyl (C=O) groups excluding carboxylic acids is 2. The van der Waals surface area contributed by atoms with Crippen LogP contribution in [-0.4, -0.2) is 17.8 Å². The number of hydrogen-bond acceptors (Lipinski definition) is 4. The molecule has 25 heavy (non-hydrogen) atoms. The summed E-state index contributed by atoms with van der Waals surface area (Å²) in [7, 11) is 0. The molecule has 1 aliphatic rings. The molecule has 0 unspecified atom stereocenters. The van der Waals surface area contributed by atoms with E-state index in [4.69, 9.17) is 4.74 Å². The van der Waals surface area contributed by atoms with Gasteiger partial charge >= 0.3 is 0 Å². The fourth-order valence-electron chi connectivity index (χ4n) is 3.00. The van der Waals surface area contributed by atoms with Gasteiger partial charge in [-0.05, 0) is 56.9 Å². The number of ketones is 1. The molecule has 0 bridgehead atoms. The van der Waals surface area contributed by atoms with Crippen molar-refractivity contribution in [1.29, 1.82) is 0 Å². The van der Waals surface area contributed by atoms with Crippen molar-refractivity contribution in [2.45, 2.75) is 51.6 Å². The summed E-state index contributed by atoms with van der Waals surface area (Å²) in [4.78, 5) is 26.0. The summed E-state index contributed by atoms with van der Waals surface area (Å²) in [5, 5.41) is 2.85. The highest BCUT2D eigenvalue weighted by atomic mass is 32.1. The third kappa shape index (κ3) is 5.16. The molecule has 1 amide bonds. The number of amides is 1. The zero-order chi connectivity index (χ0) is 17.6. The molecule has 0 aliphatic heterocycles. The fourth-order valence-corrected chi connectivity index (χ4v) is 3.84. The molecular formula is C20H23NO3S. The molecule has 1 N–H and O–H groups in total. The molecule has 0 radical (unpaired) electrons. The van der Waals surface area contributed by atoms with E-state index in [1.165, 1.54) is 24.2 Å². The van der Waals surface area contributed by atoms with Crippen LogP contribution < -0.4 is 10.1 Å². The van der Waals surface area contributed by atoms with Gasteiger partial charge in [-0.15, -0.1) is 11.3 Å². The highest BCUT2D eigenvalue weighted by Gasteiger charge is 2.16. The minimum atomic E-state index is -0.153. The summed E-state index contributed by atoms with van der Waals surface area (Å²) < 4.78 is 5.95. The number of rotatable bonds is 7. The number of carbonyl (C=O) groups is 2.